The van der Waals surface area contributed by atoms with E-state index in [-0.39, 0.29) is 6.04 Å². The highest BCUT2D eigenvalue weighted by atomic mass is 16.5. The first-order valence-corrected chi connectivity index (χ1v) is 3.39. The molecule has 0 aromatic carbocycles. The zero-order valence-electron chi connectivity index (χ0n) is 6.70. The summed E-state index contributed by atoms with van der Waals surface area (Å²) in [6.45, 7) is 0. The maximum absolute atomic E-state index is 5.69. The van der Waals surface area contributed by atoms with Crippen LogP contribution < -0.4 is 5.73 Å². The van der Waals surface area contributed by atoms with Crippen molar-refractivity contribution in [3.8, 4) is 0 Å². The third-order valence-electron chi connectivity index (χ3n) is 1.55. The summed E-state index contributed by atoms with van der Waals surface area (Å²) in [5.41, 5.74) is 5.69. The molecule has 61 valence electrons. The molecule has 3 heteroatoms. The van der Waals surface area contributed by atoms with Crippen molar-refractivity contribution >= 4 is 0 Å². The molecule has 1 aliphatic carbocycles. The van der Waals surface area contributed by atoms with Gasteiger partial charge in [0.1, 0.15) is 5.76 Å². The van der Waals surface area contributed by atoms with Crippen LogP contribution in [0.3, 0.4) is 0 Å². The fraction of sp³-hybridized carbons (Fsp3) is 0.375. The van der Waals surface area contributed by atoms with Gasteiger partial charge in [0.25, 0.3) is 0 Å². The summed E-state index contributed by atoms with van der Waals surface area (Å²) in [6, 6.07) is -0.181. The van der Waals surface area contributed by atoms with Gasteiger partial charge in [0.2, 0.25) is 0 Å². The Morgan fingerprint density at radius 2 is 2.09 bits per heavy atom. The number of hydrogen-bond acceptors (Lipinski definition) is 3. The van der Waals surface area contributed by atoms with E-state index in [4.69, 9.17) is 15.2 Å². The molecule has 0 aromatic rings. The Kier molecular flexibility index (Phi) is 2.68. The van der Waals surface area contributed by atoms with Crippen LogP contribution in [0.4, 0.5) is 0 Å². The molecular weight excluding hydrogens is 142 g/mol. The van der Waals surface area contributed by atoms with Crippen molar-refractivity contribution in [2.75, 3.05) is 14.2 Å². The number of hydrogen-bond donors (Lipinski definition) is 1. The van der Waals surface area contributed by atoms with E-state index in [9.17, 15) is 0 Å². The van der Waals surface area contributed by atoms with Crippen molar-refractivity contribution in [2.45, 2.75) is 6.04 Å². The van der Waals surface area contributed by atoms with Crippen molar-refractivity contribution in [2.24, 2.45) is 5.73 Å². The van der Waals surface area contributed by atoms with E-state index in [1.807, 2.05) is 18.2 Å². The SMILES string of the molecule is CO[C]1C(OC)=CC=CC1N. The molecule has 0 spiro atoms. The lowest BCUT2D eigenvalue weighted by molar-refractivity contribution is 0.149. The Labute approximate surface area is 66.5 Å². The van der Waals surface area contributed by atoms with E-state index in [1.165, 1.54) is 0 Å². The van der Waals surface area contributed by atoms with E-state index < -0.39 is 0 Å². The monoisotopic (exact) mass is 154 g/mol. The van der Waals surface area contributed by atoms with Crippen LogP contribution in [-0.2, 0) is 9.47 Å². The number of nitrogens with two attached hydrogens (primary N) is 1. The molecule has 0 saturated heterocycles. The van der Waals surface area contributed by atoms with Crippen LogP contribution in [0.15, 0.2) is 24.0 Å². The van der Waals surface area contributed by atoms with Gasteiger partial charge in [-0.15, -0.1) is 0 Å². The minimum absolute atomic E-state index is 0.181. The summed E-state index contributed by atoms with van der Waals surface area (Å²) in [4.78, 5) is 0. The maximum Gasteiger partial charge on any atom is 0.181 e. The molecule has 0 aromatic heterocycles. The standard InChI is InChI=1S/C8H12NO2/c1-10-7-5-3-4-6(9)8(7)11-2/h3-6H,9H2,1-2H3. The van der Waals surface area contributed by atoms with Crippen LogP contribution in [0.2, 0.25) is 0 Å². The topological polar surface area (TPSA) is 44.5 Å². The van der Waals surface area contributed by atoms with Gasteiger partial charge in [-0.05, 0) is 6.08 Å². The van der Waals surface area contributed by atoms with Gasteiger partial charge in [-0.1, -0.05) is 12.2 Å². The average molecular weight is 154 g/mol. The van der Waals surface area contributed by atoms with Crippen LogP contribution in [-0.4, -0.2) is 20.3 Å². The van der Waals surface area contributed by atoms with E-state index in [1.54, 1.807) is 14.2 Å². The fourth-order valence-corrected chi connectivity index (χ4v) is 1.00. The van der Waals surface area contributed by atoms with Gasteiger partial charge >= 0.3 is 0 Å². The van der Waals surface area contributed by atoms with Gasteiger partial charge in [0.15, 0.2) is 6.10 Å². The number of allylic oxidation sites excluding steroid dienone is 2. The third-order valence-corrected chi connectivity index (χ3v) is 1.55. The second-order valence-electron chi connectivity index (χ2n) is 2.21. The van der Waals surface area contributed by atoms with Crippen LogP contribution in [0, 0.1) is 6.10 Å². The molecule has 1 radical (unpaired) electrons. The highest BCUT2D eigenvalue weighted by molar-refractivity contribution is 5.31. The van der Waals surface area contributed by atoms with E-state index in [0.29, 0.717) is 11.9 Å². The largest absolute Gasteiger partial charge is 0.498 e. The molecule has 0 aliphatic heterocycles. The first-order chi connectivity index (χ1) is 5.29. The van der Waals surface area contributed by atoms with E-state index in [0.717, 1.165) is 0 Å². The van der Waals surface area contributed by atoms with Gasteiger partial charge in [-0.3, -0.25) is 0 Å². The molecule has 1 unspecified atom stereocenters. The quantitative estimate of drug-likeness (QED) is 0.633. The predicted molar refractivity (Wildman–Crippen MR) is 42.5 cm³/mol. The number of methoxy groups -OCH3 is 2. The third kappa shape index (κ3) is 1.61. The van der Waals surface area contributed by atoms with Crippen LogP contribution in [0.25, 0.3) is 0 Å². The maximum atomic E-state index is 5.69. The highest BCUT2D eigenvalue weighted by Gasteiger charge is 2.23. The summed E-state index contributed by atoms with van der Waals surface area (Å²) in [5.74, 6) is 0.697. The average Bonchev–Trinajstić information content (AvgIpc) is 2.04. The molecule has 0 fully saturated rings. The Balaban J connectivity index is 2.73. The lowest BCUT2D eigenvalue weighted by atomic mass is 10.1. The summed E-state index contributed by atoms with van der Waals surface area (Å²) in [6.07, 6.45) is 6.20. The van der Waals surface area contributed by atoms with Crippen molar-refractivity contribution in [3.63, 3.8) is 0 Å². The number of ether oxygens (including phenoxy) is 2. The van der Waals surface area contributed by atoms with Crippen LogP contribution >= 0.6 is 0 Å². The summed E-state index contributed by atoms with van der Waals surface area (Å²) in [7, 11) is 3.18. The smallest absolute Gasteiger partial charge is 0.181 e. The summed E-state index contributed by atoms with van der Waals surface area (Å²) in [5, 5.41) is 0. The van der Waals surface area contributed by atoms with Crippen molar-refractivity contribution in [3.05, 3.63) is 30.1 Å². The molecule has 1 rings (SSSR count). The molecule has 0 saturated carbocycles. The van der Waals surface area contributed by atoms with E-state index >= 15 is 0 Å². The molecule has 0 bridgehead atoms. The summed E-state index contributed by atoms with van der Waals surface area (Å²) >= 11 is 0. The normalized spacial score (nSPS) is 25.0. The minimum atomic E-state index is -0.181. The first-order valence-electron chi connectivity index (χ1n) is 3.39. The molecule has 1 aliphatic rings. The Morgan fingerprint density at radius 3 is 2.55 bits per heavy atom. The Morgan fingerprint density at radius 1 is 1.36 bits per heavy atom. The molecular formula is C8H12NO2. The molecule has 0 amide bonds. The predicted octanol–water partition coefficient (Wildman–Crippen LogP) is 0.592. The summed E-state index contributed by atoms with van der Waals surface area (Å²) < 4.78 is 10.1. The first kappa shape index (κ1) is 8.30. The van der Waals surface area contributed by atoms with Crippen LogP contribution in [0.1, 0.15) is 0 Å². The molecule has 11 heavy (non-hydrogen) atoms. The zero-order valence-corrected chi connectivity index (χ0v) is 6.70. The Hall–Kier alpha value is -0.800. The molecule has 0 heterocycles. The van der Waals surface area contributed by atoms with Crippen molar-refractivity contribution in [1.82, 2.24) is 0 Å². The number of rotatable bonds is 2. The fourth-order valence-electron chi connectivity index (χ4n) is 1.00. The molecule has 2 N–H and O–H groups in total. The van der Waals surface area contributed by atoms with Gasteiger partial charge in [0, 0.05) is 7.11 Å². The minimum Gasteiger partial charge on any atom is -0.498 e. The van der Waals surface area contributed by atoms with Gasteiger partial charge in [-0.25, -0.2) is 0 Å². The molecule has 3 nitrogen and oxygen atoms in total. The van der Waals surface area contributed by atoms with Crippen molar-refractivity contribution in [1.29, 1.82) is 0 Å². The van der Waals surface area contributed by atoms with Gasteiger partial charge in [-0.2, -0.15) is 0 Å². The Bertz CT molecular complexity index is 187. The van der Waals surface area contributed by atoms with Crippen LogP contribution in [0.5, 0.6) is 0 Å². The molecule has 1 atom stereocenters. The van der Waals surface area contributed by atoms with Crippen molar-refractivity contribution < 1.29 is 9.47 Å². The second kappa shape index (κ2) is 3.55. The van der Waals surface area contributed by atoms with Gasteiger partial charge in [0.05, 0.1) is 13.2 Å². The lowest BCUT2D eigenvalue weighted by Gasteiger charge is -2.22. The van der Waals surface area contributed by atoms with E-state index in [2.05, 4.69) is 0 Å². The highest BCUT2D eigenvalue weighted by Crippen LogP contribution is 2.22. The second-order valence-corrected chi connectivity index (χ2v) is 2.21. The van der Waals surface area contributed by atoms with Gasteiger partial charge < -0.3 is 15.2 Å². The zero-order chi connectivity index (χ0) is 8.27. The lowest BCUT2D eigenvalue weighted by Crippen LogP contribution is -2.30.